The minimum atomic E-state index is -0.240. The van der Waals surface area contributed by atoms with Crippen LogP contribution in [0, 0.1) is 19.7 Å². The fraction of sp³-hybridized carbons (Fsp3) is 0.278. The van der Waals surface area contributed by atoms with Gasteiger partial charge in [0.15, 0.2) is 0 Å². The summed E-state index contributed by atoms with van der Waals surface area (Å²) in [6, 6.07) is 12.6. The Bertz CT molecular complexity index is 640. The van der Waals surface area contributed by atoms with E-state index < -0.39 is 0 Å². The maximum Gasteiger partial charge on any atom is 0.221 e. The van der Waals surface area contributed by atoms with E-state index in [1.54, 1.807) is 23.9 Å². The third-order valence-corrected chi connectivity index (χ3v) is 4.40. The summed E-state index contributed by atoms with van der Waals surface area (Å²) in [7, 11) is 0. The third-order valence-electron chi connectivity index (χ3n) is 3.39. The van der Waals surface area contributed by atoms with Gasteiger partial charge in [-0.15, -0.1) is 11.8 Å². The fourth-order valence-corrected chi connectivity index (χ4v) is 2.97. The first-order valence-corrected chi connectivity index (χ1v) is 8.24. The topological polar surface area (TPSA) is 29.1 Å². The van der Waals surface area contributed by atoms with Crippen LogP contribution in [0.5, 0.6) is 0 Å². The summed E-state index contributed by atoms with van der Waals surface area (Å²) < 4.78 is 12.8. The van der Waals surface area contributed by atoms with Gasteiger partial charge in [0.25, 0.3) is 0 Å². The summed E-state index contributed by atoms with van der Waals surface area (Å²) in [5.41, 5.74) is 3.56. The molecule has 2 aromatic carbocycles. The van der Waals surface area contributed by atoms with E-state index in [1.807, 2.05) is 0 Å². The van der Waals surface area contributed by atoms with Crippen LogP contribution in [0.1, 0.15) is 23.1 Å². The lowest BCUT2D eigenvalue weighted by atomic mass is 10.1. The van der Waals surface area contributed by atoms with E-state index in [2.05, 4.69) is 37.4 Å². The van der Waals surface area contributed by atoms with Crippen molar-refractivity contribution in [1.82, 2.24) is 5.32 Å². The van der Waals surface area contributed by atoms with Crippen LogP contribution in [-0.4, -0.2) is 11.7 Å². The van der Waals surface area contributed by atoms with Gasteiger partial charge in [-0.3, -0.25) is 4.79 Å². The van der Waals surface area contributed by atoms with E-state index in [0.29, 0.717) is 18.7 Å². The van der Waals surface area contributed by atoms with Crippen molar-refractivity contribution in [2.24, 2.45) is 0 Å². The standard InChI is InChI=1S/C18H20FNOS/c1-13-3-4-15(14(2)11-13)12-20-18(21)9-10-22-17-7-5-16(19)6-8-17/h3-8,11H,9-10,12H2,1-2H3,(H,20,21). The monoisotopic (exact) mass is 317 g/mol. The molecule has 0 spiro atoms. The Hall–Kier alpha value is -1.81. The van der Waals surface area contributed by atoms with Crippen LogP contribution in [0.15, 0.2) is 47.4 Å². The first-order valence-electron chi connectivity index (χ1n) is 7.26. The highest BCUT2D eigenvalue weighted by Gasteiger charge is 2.04. The quantitative estimate of drug-likeness (QED) is 0.807. The van der Waals surface area contributed by atoms with Crippen molar-refractivity contribution in [2.45, 2.75) is 31.7 Å². The number of halogens is 1. The normalized spacial score (nSPS) is 10.5. The number of rotatable bonds is 6. The minimum Gasteiger partial charge on any atom is -0.352 e. The van der Waals surface area contributed by atoms with E-state index in [1.165, 1.54) is 23.3 Å². The lowest BCUT2D eigenvalue weighted by molar-refractivity contribution is -0.120. The van der Waals surface area contributed by atoms with E-state index in [-0.39, 0.29) is 11.7 Å². The molecule has 1 N–H and O–H groups in total. The number of carbonyl (C=O) groups is 1. The molecule has 0 radical (unpaired) electrons. The zero-order valence-electron chi connectivity index (χ0n) is 12.9. The highest BCUT2D eigenvalue weighted by atomic mass is 32.2. The van der Waals surface area contributed by atoms with Gasteiger partial charge in [-0.2, -0.15) is 0 Å². The van der Waals surface area contributed by atoms with Gasteiger partial charge in [0.1, 0.15) is 5.82 Å². The van der Waals surface area contributed by atoms with Crippen LogP contribution >= 0.6 is 11.8 Å². The second kappa shape index (κ2) is 7.99. The molecule has 0 atom stereocenters. The molecule has 2 aromatic rings. The Labute approximate surface area is 135 Å². The first-order chi connectivity index (χ1) is 10.5. The number of hydrogen-bond donors (Lipinski definition) is 1. The van der Waals surface area contributed by atoms with Gasteiger partial charge < -0.3 is 5.32 Å². The zero-order valence-corrected chi connectivity index (χ0v) is 13.7. The molecular formula is C18H20FNOS. The number of nitrogens with one attached hydrogen (secondary N) is 1. The van der Waals surface area contributed by atoms with E-state index in [0.717, 1.165) is 10.5 Å². The summed E-state index contributed by atoms with van der Waals surface area (Å²) in [6.07, 6.45) is 0.451. The molecule has 0 saturated heterocycles. The Morgan fingerprint density at radius 1 is 1.14 bits per heavy atom. The maximum absolute atomic E-state index is 12.8. The summed E-state index contributed by atoms with van der Waals surface area (Å²) in [6.45, 7) is 4.67. The number of aryl methyl sites for hydroxylation is 2. The Kier molecular flexibility index (Phi) is 6.01. The molecule has 0 saturated carbocycles. The Morgan fingerprint density at radius 2 is 1.86 bits per heavy atom. The van der Waals surface area contributed by atoms with Gasteiger partial charge in [0.2, 0.25) is 5.91 Å². The molecule has 1 amide bonds. The van der Waals surface area contributed by atoms with E-state index >= 15 is 0 Å². The molecule has 0 aliphatic carbocycles. The third kappa shape index (κ3) is 5.19. The number of hydrogen-bond acceptors (Lipinski definition) is 2. The Morgan fingerprint density at radius 3 is 2.55 bits per heavy atom. The SMILES string of the molecule is Cc1ccc(CNC(=O)CCSc2ccc(F)cc2)c(C)c1. The van der Waals surface area contributed by atoms with Crippen LogP contribution in [0.3, 0.4) is 0 Å². The molecule has 22 heavy (non-hydrogen) atoms. The molecule has 0 aliphatic heterocycles. The average molecular weight is 317 g/mol. The van der Waals surface area contributed by atoms with Crippen molar-refractivity contribution in [3.63, 3.8) is 0 Å². The average Bonchev–Trinajstić information content (AvgIpc) is 2.48. The predicted molar refractivity (Wildman–Crippen MR) is 89.5 cm³/mol. The molecule has 0 bridgehead atoms. The van der Waals surface area contributed by atoms with Crippen LogP contribution < -0.4 is 5.32 Å². The van der Waals surface area contributed by atoms with Crippen LogP contribution in [0.2, 0.25) is 0 Å². The molecule has 116 valence electrons. The van der Waals surface area contributed by atoms with Crippen molar-refractivity contribution < 1.29 is 9.18 Å². The van der Waals surface area contributed by atoms with Gasteiger partial charge in [-0.05, 0) is 49.2 Å². The van der Waals surface area contributed by atoms with Gasteiger partial charge in [-0.25, -0.2) is 4.39 Å². The summed E-state index contributed by atoms with van der Waals surface area (Å²) in [5.74, 6) is 0.481. The molecule has 0 heterocycles. The van der Waals surface area contributed by atoms with Gasteiger partial charge >= 0.3 is 0 Å². The minimum absolute atomic E-state index is 0.0367. The number of amides is 1. The lowest BCUT2D eigenvalue weighted by Crippen LogP contribution is -2.23. The summed E-state index contributed by atoms with van der Waals surface area (Å²) in [4.78, 5) is 12.8. The van der Waals surface area contributed by atoms with Crippen LogP contribution in [-0.2, 0) is 11.3 Å². The van der Waals surface area contributed by atoms with E-state index in [9.17, 15) is 9.18 Å². The second-order valence-corrected chi connectivity index (χ2v) is 6.43. The highest BCUT2D eigenvalue weighted by molar-refractivity contribution is 7.99. The molecule has 0 fully saturated rings. The van der Waals surface area contributed by atoms with Crippen molar-refractivity contribution in [3.05, 3.63) is 65.0 Å². The summed E-state index contributed by atoms with van der Waals surface area (Å²) in [5, 5.41) is 2.94. The van der Waals surface area contributed by atoms with E-state index in [4.69, 9.17) is 0 Å². The smallest absolute Gasteiger partial charge is 0.221 e. The molecule has 2 nitrogen and oxygen atoms in total. The Balaban J connectivity index is 1.72. The maximum atomic E-state index is 12.8. The fourth-order valence-electron chi connectivity index (χ4n) is 2.12. The number of thioether (sulfide) groups is 1. The largest absolute Gasteiger partial charge is 0.352 e. The van der Waals surface area contributed by atoms with Crippen molar-refractivity contribution in [2.75, 3.05) is 5.75 Å². The van der Waals surface area contributed by atoms with Crippen molar-refractivity contribution in [1.29, 1.82) is 0 Å². The molecular weight excluding hydrogens is 297 g/mol. The summed E-state index contributed by atoms with van der Waals surface area (Å²) >= 11 is 1.56. The number of carbonyl (C=O) groups excluding carboxylic acids is 1. The molecule has 0 unspecified atom stereocenters. The molecule has 0 aliphatic rings. The predicted octanol–water partition coefficient (Wildman–Crippen LogP) is 4.24. The van der Waals surface area contributed by atoms with Crippen molar-refractivity contribution in [3.8, 4) is 0 Å². The van der Waals surface area contributed by atoms with Crippen LogP contribution in [0.25, 0.3) is 0 Å². The zero-order chi connectivity index (χ0) is 15.9. The van der Waals surface area contributed by atoms with Gasteiger partial charge in [-0.1, -0.05) is 23.8 Å². The van der Waals surface area contributed by atoms with Gasteiger partial charge in [0, 0.05) is 23.6 Å². The lowest BCUT2D eigenvalue weighted by Gasteiger charge is -2.09. The van der Waals surface area contributed by atoms with Crippen molar-refractivity contribution >= 4 is 17.7 Å². The first kappa shape index (κ1) is 16.6. The van der Waals surface area contributed by atoms with Gasteiger partial charge in [0.05, 0.1) is 0 Å². The van der Waals surface area contributed by atoms with Crippen LogP contribution in [0.4, 0.5) is 4.39 Å². The number of benzene rings is 2. The molecule has 0 aromatic heterocycles. The highest BCUT2D eigenvalue weighted by Crippen LogP contribution is 2.18. The molecule has 2 rings (SSSR count). The second-order valence-electron chi connectivity index (χ2n) is 5.26. The molecule has 4 heteroatoms.